The van der Waals surface area contributed by atoms with E-state index in [0.717, 1.165) is 25.7 Å². The minimum atomic E-state index is -0.0612. The van der Waals surface area contributed by atoms with Crippen molar-refractivity contribution in [2.45, 2.75) is 44.6 Å². The Morgan fingerprint density at radius 1 is 1.07 bits per heavy atom. The van der Waals surface area contributed by atoms with Crippen molar-refractivity contribution in [2.24, 2.45) is 5.92 Å². The summed E-state index contributed by atoms with van der Waals surface area (Å²) >= 11 is 0. The molecule has 8 nitrogen and oxygen atoms in total. The lowest BCUT2D eigenvalue weighted by Crippen LogP contribution is -2.45. The maximum Gasteiger partial charge on any atom is 0.256 e. The van der Waals surface area contributed by atoms with E-state index < -0.39 is 0 Å². The van der Waals surface area contributed by atoms with Crippen LogP contribution >= 0.6 is 0 Å². The molecule has 1 saturated heterocycles. The summed E-state index contributed by atoms with van der Waals surface area (Å²) in [5, 5.41) is 12.3. The van der Waals surface area contributed by atoms with Crippen LogP contribution in [0.15, 0.2) is 47.2 Å². The lowest BCUT2D eigenvalue weighted by atomic mass is 9.90. The van der Waals surface area contributed by atoms with E-state index in [0.29, 0.717) is 29.2 Å². The molecule has 3 heterocycles. The van der Waals surface area contributed by atoms with Crippen LogP contribution in [0.3, 0.4) is 0 Å². The molecular formula is C22H23N5O3. The minimum Gasteiger partial charge on any atom is -0.360 e. The van der Waals surface area contributed by atoms with E-state index in [1.54, 1.807) is 24.5 Å². The summed E-state index contributed by atoms with van der Waals surface area (Å²) in [5.74, 6) is 0.829. The van der Waals surface area contributed by atoms with Gasteiger partial charge in [0.2, 0.25) is 0 Å². The van der Waals surface area contributed by atoms with Gasteiger partial charge in [0.05, 0.1) is 23.6 Å². The number of aromatic nitrogens is 4. The van der Waals surface area contributed by atoms with Crippen molar-refractivity contribution in [1.29, 1.82) is 0 Å². The summed E-state index contributed by atoms with van der Waals surface area (Å²) in [6.07, 6.45) is 6.80. The van der Waals surface area contributed by atoms with Gasteiger partial charge in [-0.3, -0.25) is 9.59 Å². The molecule has 3 aromatic rings. The van der Waals surface area contributed by atoms with Crippen molar-refractivity contribution >= 4 is 11.7 Å². The predicted octanol–water partition coefficient (Wildman–Crippen LogP) is 3.26. The van der Waals surface area contributed by atoms with Crippen LogP contribution in [0, 0.1) is 5.92 Å². The van der Waals surface area contributed by atoms with E-state index >= 15 is 0 Å². The quantitative estimate of drug-likeness (QED) is 0.605. The van der Waals surface area contributed by atoms with Crippen molar-refractivity contribution in [3.63, 3.8) is 0 Å². The van der Waals surface area contributed by atoms with E-state index in [9.17, 15) is 9.59 Å². The maximum absolute atomic E-state index is 13.5. The van der Waals surface area contributed by atoms with Crippen LogP contribution in [0.25, 0.3) is 5.69 Å². The highest BCUT2D eigenvalue weighted by molar-refractivity contribution is 5.98. The van der Waals surface area contributed by atoms with Gasteiger partial charge < -0.3 is 9.42 Å². The van der Waals surface area contributed by atoms with Crippen LogP contribution in [-0.4, -0.2) is 49.3 Å². The van der Waals surface area contributed by atoms with Crippen molar-refractivity contribution in [3.05, 3.63) is 59.7 Å². The Morgan fingerprint density at radius 3 is 2.60 bits per heavy atom. The summed E-state index contributed by atoms with van der Waals surface area (Å²) in [4.78, 5) is 29.1. The molecule has 0 bridgehead atoms. The van der Waals surface area contributed by atoms with Crippen LogP contribution in [0.2, 0.25) is 0 Å². The van der Waals surface area contributed by atoms with Crippen molar-refractivity contribution in [1.82, 2.24) is 25.1 Å². The smallest absolute Gasteiger partial charge is 0.256 e. The first kappa shape index (κ1) is 18.7. The molecule has 30 heavy (non-hydrogen) atoms. The summed E-state index contributed by atoms with van der Waals surface area (Å²) < 4.78 is 5.52. The second-order valence-corrected chi connectivity index (χ2v) is 8.17. The lowest BCUT2D eigenvalue weighted by molar-refractivity contribution is 0.0596. The molecule has 1 aliphatic heterocycles. The number of rotatable bonds is 5. The third-order valence-corrected chi connectivity index (χ3v) is 6.04. The van der Waals surface area contributed by atoms with Crippen LogP contribution in [-0.2, 0) is 0 Å². The topological polar surface area (TPSA) is 94.1 Å². The number of hydrogen-bond donors (Lipinski definition) is 0. The third-order valence-electron chi connectivity index (χ3n) is 6.04. The van der Waals surface area contributed by atoms with Crippen molar-refractivity contribution in [3.8, 4) is 5.69 Å². The van der Waals surface area contributed by atoms with Crippen LogP contribution in [0.1, 0.15) is 65.1 Å². The number of carbonyl (C=O) groups excluding carboxylic acids is 2. The number of para-hydroxylation sites is 1. The summed E-state index contributed by atoms with van der Waals surface area (Å²) in [5.41, 5.74) is 1.63. The zero-order valence-electron chi connectivity index (χ0n) is 16.8. The zero-order valence-corrected chi connectivity index (χ0v) is 16.8. The summed E-state index contributed by atoms with van der Waals surface area (Å²) in [6, 6.07) is 9.22. The highest BCUT2D eigenvalue weighted by Crippen LogP contribution is 2.35. The SMILES string of the molecule is C[C@@H]1CC[C@@H](c2cc(C(=O)C3CC3)no2)CN1C(=O)c1ccccc1-n1nccn1. The van der Waals surface area contributed by atoms with Crippen LogP contribution in [0.4, 0.5) is 0 Å². The molecule has 0 N–H and O–H groups in total. The molecule has 154 valence electrons. The molecule has 0 spiro atoms. The highest BCUT2D eigenvalue weighted by Gasteiger charge is 2.36. The third kappa shape index (κ3) is 3.42. The first-order valence-electron chi connectivity index (χ1n) is 10.4. The Hall–Kier alpha value is -3.29. The summed E-state index contributed by atoms with van der Waals surface area (Å²) in [6.45, 7) is 2.58. The van der Waals surface area contributed by atoms with Gasteiger partial charge in [0.25, 0.3) is 5.91 Å². The number of carbonyl (C=O) groups is 2. The van der Waals surface area contributed by atoms with Gasteiger partial charge in [0.1, 0.15) is 11.5 Å². The standard InChI is InChI=1S/C22H23N5O3/c1-14-6-7-16(20-12-18(25-30-20)21(28)15-8-9-15)13-26(14)22(29)17-4-2-3-5-19(17)27-23-10-11-24-27/h2-5,10-12,14-16H,6-9,13H2,1H3/t14-,16-/m1/s1. The first-order chi connectivity index (χ1) is 14.6. The maximum atomic E-state index is 13.5. The second-order valence-electron chi connectivity index (χ2n) is 8.17. The highest BCUT2D eigenvalue weighted by atomic mass is 16.5. The first-order valence-corrected chi connectivity index (χ1v) is 10.4. The number of hydrogen-bond acceptors (Lipinski definition) is 6. The molecule has 1 aromatic carbocycles. The second kappa shape index (κ2) is 7.51. The van der Waals surface area contributed by atoms with Gasteiger partial charge in [-0.1, -0.05) is 17.3 Å². The molecule has 2 aliphatic rings. The van der Waals surface area contributed by atoms with E-state index in [2.05, 4.69) is 22.3 Å². The number of nitrogens with zero attached hydrogens (tertiary/aromatic N) is 5. The normalized spacial score (nSPS) is 21.6. The van der Waals surface area contributed by atoms with Gasteiger partial charge in [-0.05, 0) is 44.7 Å². The molecule has 2 fully saturated rings. The van der Waals surface area contributed by atoms with E-state index in [4.69, 9.17) is 4.52 Å². The molecule has 1 aliphatic carbocycles. The average molecular weight is 405 g/mol. The van der Waals surface area contributed by atoms with Crippen LogP contribution in [0.5, 0.6) is 0 Å². The Bertz CT molecular complexity index is 1070. The fourth-order valence-electron chi connectivity index (χ4n) is 4.10. The Kier molecular flexibility index (Phi) is 4.69. The molecule has 2 aromatic heterocycles. The fourth-order valence-corrected chi connectivity index (χ4v) is 4.10. The number of Topliss-reactive ketones (excluding diaryl/α,β-unsaturated/α-hetero) is 1. The van der Waals surface area contributed by atoms with Crippen LogP contribution < -0.4 is 0 Å². The van der Waals surface area contributed by atoms with E-state index in [1.807, 2.05) is 23.1 Å². The monoisotopic (exact) mass is 405 g/mol. The van der Waals surface area contributed by atoms with Crippen molar-refractivity contribution in [2.75, 3.05) is 6.54 Å². The summed E-state index contributed by atoms with van der Waals surface area (Å²) in [7, 11) is 0. The molecule has 0 unspecified atom stereocenters. The van der Waals surface area contributed by atoms with Gasteiger partial charge >= 0.3 is 0 Å². The average Bonchev–Trinajstić information content (AvgIpc) is 3.26. The minimum absolute atomic E-state index is 0.0217. The van der Waals surface area contributed by atoms with Gasteiger partial charge in [-0.15, -0.1) is 0 Å². The number of amides is 1. The van der Waals surface area contributed by atoms with Gasteiger partial charge in [-0.2, -0.15) is 15.0 Å². The molecule has 1 amide bonds. The Morgan fingerprint density at radius 2 is 1.83 bits per heavy atom. The Balaban J connectivity index is 1.38. The molecule has 0 radical (unpaired) electrons. The fraction of sp³-hybridized carbons (Fsp3) is 0.409. The Labute approximate surface area is 173 Å². The van der Waals surface area contributed by atoms with Gasteiger partial charge in [0.15, 0.2) is 5.78 Å². The predicted molar refractivity (Wildman–Crippen MR) is 107 cm³/mol. The van der Waals surface area contributed by atoms with E-state index in [1.165, 1.54) is 4.80 Å². The molecule has 8 heteroatoms. The van der Waals surface area contributed by atoms with E-state index in [-0.39, 0.29) is 29.6 Å². The van der Waals surface area contributed by atoms with Gasteiger partial charge in [0, 0.05) is 30.5 Å². The largest absolute Gasteiger partial charge is 0.360 e. The van der Waals surface area contributed by atoms with Gasteiger partial charge in [-0.25, -0.2) is 0 Å². The zero-order chi connectivity index (χ0) is 20.7. The molecule has 2 atom stereocenters. The molecule has 5 rings (SSSR count). The van der Waals surface area contributed by atoms with Crippen molar-refractivity contribution < 1.29 is 14.1 Å². The number of likely N-dealkylation sites (tertiary alicyclic amines) is 1. The molecule has 1 saturated carbocycles. The number of ketones is 1. The number of piperidine rings is 1. The lowest BCUT2D eigenvalue weighted by Gasteiger charge is -2.37. The molecular weight excluding hydrogens is 382 g/mol. The number of benzene rings is 1.